The van der Waals surface area contributed by atoms with Gasteiger partial charge >= 0.3 is 0 Å². The molecular formula is C9H18N2O4S. The van der Waals surface area contributed by atoms with Gasteiger partial charge in [0.05, 0.1) is 12.4 Å². The molecule has 6 nitrogen and oxygen atoms in total. The van der Waals surface area contributed by atoms with Crippen molar-refractivity contribution in [2.45, 2.75) is 19.4 Å². The van der Waals surface area contributed by atoms with E-state index in [1.807, 2.05) is 0 Å². The van der Waals surface area contributed by atoms with Gasteiger partial charge in [-0.2, -0.15) is 4.31 Å². The molecule has 1 fully saturated rings. The molecule has 16 heavy (non-hydrogen) atoms. The summed E-state index contributed by atoms with van der Waals surface area (Å²) < 4.78 is 24.9. The Balaban J connectivity index is 3.03. The summed E-state index contributed by atoms with van der Waals surface area (Å²) in [6, 6.07) is 0. The highest BCUT2D eigenvalue weighted by molar-refractivity contribution is 7.89. The van der Waals surface area contributed by atoms with Gasteiger partial charge in [0.25, 0.3) is 0 Å². The summed E-state index contributed by atoms with van der Waals surface area (Å²) in [6.45, 7) is 3.39. The van der Waals surface area contributed by atoms with Gasteiger partial charge in [0.2, 0.25) is 15.9 Å². The second kappa shape index (κ2) is 4.31. The molecular weight excluding hydrogens is 232 g/mol. The summed E-state index contributed by atoms with van der Waals surface area (Å²) >= 11 is 0. The third kappa shape index (κ3) is 2.21. The van der Waals surface area contributed by atoms with Crippen molar-refractivity contribution in [3.05, 3.63) is 0 Å². The SMILES string of the molecule is CN1CCN(S(=O)(=O)CCO)C(C)(C)C1=O. The number of piperazine rings is 1. The number of hydrogen-bond acceptors (Lipinski definition) is 4. The zero-order chi connectivity index (χ0) is 12.6. The lowest BCUT2D eigenvalue weighted by Gasteiger charge is -2.43. The first-order valence-corrected chi connectivity index (χ1v) is 6.71. The minimum absolute atomic E-state index is 0.222. The van der Waals surface area contributed by atoms with Gasteiger partial charge in [-0.15, -0.1) is 0 Å². The summed E-state index contributed by atoms with van der Waals surface area (Å²) in [5.41, 5.74) is -1.07. The van der Waals surface area contributed by atoms with Crippen LogP contribution in [0.1, 0.15) is 13.8 Å². The molecule has 1 aliphatic heterocycles. The van der Waals surface area contributed by atoms with Crippen LogP contribution in [0, 0.1) is 0 Å². The lowest BCUT2D eigenvalue weighted by molar-refractivity contribution is -0.142. The Labute approximate surface area is 95.9 Å². The summed E-state index contributed by atoms with van der Waals surface area (Å²) in [5, 5.41) is 8.72. The molecule has 7 heteroatoms. The maximum Gasteiger partial charge on any atom is 0.243 e. The third-order valence-corrected chi connectivity index (χ3v) is 4.83. The highest BCUT2D eigenvalue weighted by Crippen LogP contribution is 2.24. The molecule has 1 aliphatic rings. The molecule has 0 bridgehead atoms. The molecule has 1 rings (SSSR count). The molecule has 0 unspecified atom stereocenters. The van der Waals surface area contributed by atoms with Gasteiger partial charge in [0, 0.05) is 20.1 Å². The van der Waals surface area contributed by atoms with Gasteiger partial charge in [0.15, 0.2) is 0 Å². The lowest BCUT2D eigenvalue weighted by Crippen LogP contribution is -2.63. The minimum atomic E-state index is -3.56. The van der Waals surface area contributed by atoms with E-state index in [-0.39, 0.29) is 18.2 Å². The zero-order valence-corrected chi connectivity index (χ0v) is 10.6. The van der Waals surface area contributed by atoms with E-state index in [1.54, 1.807) is 20.9 Å². The van der Waals surface area contributed by atoms with Crippen LogP contribution in [-0.4, -0.2) is 66.7 Å². The van der Waals surface area contributed by atoms with Crippen LogP contribution in [0.3, 0.4) is 0 Å². The van der Waals surface area contributed by atoms with Crippen LogP contribution < -0.4 is 0 Å². The molecule has 94 valence electrons. The normalized spacial score (nSPS) is 22.5. The fourth-order valence-electron chi connectivity index (χ4n) is 1.91. The molecule has 0 aliphatic carbocycles. The van der Waals surface area contributed by atoms with Crippen LogP contribution >= 0.6 is 0 Å². The Hall–Kier alpha value is -0.660. The van der Waals surface area contributed by atoms with Crippen molar-refractivity contribution in [2.75, 3.05) is 32.5 Å². The van der Waals surface area contributed by atoms with Crippen molar-refractivity contribution < 1.29 is 18.3 Å². The molecule has 0 saturated carbocycles. The number of sulfonamides is 1. The predicted octanol–water partition coefficient (Wildman–Crippen LogP) is -1.14. The molecule has 1 amide bonds. The second-order valence-corrected chi connectivity index (χ2v) is 6.41. The van der Waals surface area contributed by atoms with E-state index in [9.17, 15) is 13.2 Å². The number of amides is 1. The molecule has 1 heterocycles. The minimum Gasteiger partial charge on any atom is -0.395 e. The molecule has 0 radical (unpaired) electrons. The summed E-state index contributed by atoms with van der Waals surface area (Å²) in [4.78, 5) is 13.4. The van der Waals surface area contributed by atoms with Crippen molar-refractivity contribution in [3.63, 3.8) is 0 Å². The number of hydrogen-bond donors (Lipinski definition) is 1. The lowest BCUT2D eigenvalue weighted by atomic mass is 10.0. The van der Waals surface area contributed by atoms with E-state index in [1.165, 1.54) is 9.21 Å². The molecule has 0 aromatic heterocycles. The van der Waals surface area contributed by atoms with Gasteiger partial charge in [-0.3, -0.25) is 4.79 Å². The highest BCUT2D eigenvalue weighted by Gasteiger charge is 2.45. The number of aliphatic hydroxyl groups excluding tert-OH is 1. The molecule has 0 aromatic rings. The van der Waals surface area contributed by atoms with Gasteiger partial charge in [-0.05, 0) is 13.8 Å². The van der Waals surface area contributed by atoms with Crippen LogP contribution in [0.4, 0.5) is 0 Å². The van der Waals surface area contributed by atoms with Gasteiger partial charge in [0.1, 0.15) is 5.54 Å². The Kier molecular flexibility index (Phi) is 3.61. The average Bonchev–Trinajstić information content (AvgIpc) is 2.13. The summed E-state index contributed by atoms with van der Waals surface area (Å²) in [5.74, 6) is -0.562. The average molecular weight is 250 g/mol. The van der Waals surface area contributed by atoms with Crippen LogP contribution in [-0.2, 0) is 14.8 Å². The Morgan fingerprint density at radius 3 is 2.44 bits per heavy atom. The van der Waals surface area contributed by atoms with E-state index in [2.05, 4.69) is 0 Å². The van der Waals surface area contributed by atoms with Crippen molar-refractivity contribution >= 4 is 15.9 Å². The molecule has 0 spiro atoms. The monoisotopic (exact) mass is 250 g/mol. The van der Waals surface area contributed by atoms with Crippen molar-refractivity contribution in [2.24, 2.45) is 0 Å². The maximum atomic E-state index is 11.9. The predicted molar refractivity (Wildman–Crippen MR) is 59.3 cm³/mol. The fraction of sp³-hybridized carbons (Fsp3) is 0.889. The largest absolute Gasteiger partial charge is 0.395 e. The zero-order valence-electron chi connectivity index (χ0n) is 9.80. The maximum absolute atomic E-state index is 11.9. The number of carbonyl (C=O) groups is 1. The first kappa shape index (κ1) is 13.4. The quantitative estimate of drug-likeness (QED) is 0.687. The summed E-state index contributed by atoms with van der Waals surface area (Å²) in [7, 11) is -1.91. The molecule has 0 aromatic carbocycles. The number of nitrogens with zero attached hydrogens (tertiary/aromatic N) is 2. The smallest absolute Gasteiger partial charge is 0.243 e. The van der Waals surface area contributed by atoms with Gasteiger partial charge in [-0.1, -0.05) is 0 Å². The van der Waals surface area contributed by atoms with Crippen LogP contribution in [0.2, 0.25) is 0 Å². The number of likely N-dealkylation sites (N-methyl/N-ethyl adjacent to an activating group) is 1. The van der Waals surface area contributed by atoms with Crippen molar-refractivity contribution in [1.29, 1.82) is 0 Å². The van der Waals surface area contributed by atoms with Crippen LogP contribution in [0.15, 0.2) is 0 Å². The van der Waals surface area contributed by atoms with E-state index >= 15 is 0 Å². The fourth-order valence-corrected chi connectivity index (χ4v) is 3.49. The van der Waals surface area contributed by atoms with Gasteiger partial charge in [-0.25, -0.2) is 8.42 Å². The van der Waals surface area contributed by atoms with E-state index in [0.29, 0.717) is 6.54 Å². The third-order valence-electron chi connectivity index (χ3n) is 2.82. The molecule has 1 N–H and O–H groups in total. The van der Waals surface area contributed by atoms with Crippen molar-refractivity contribution in [3.8, 4) is 0 Å². The second-order valence-electron chi connectivity index (χ2n) is 4.40. The first-order valence-electron chi connectivity index (χ1n) is 5.10. The van der Waals surface area contributed by atoms with E-state index in [4.69, 9.17) is 5.11 Å². The number of rotatable bonds is 3. The van der Waals surface area contributed by atoms with Gasteiger partial charge < -0.3 is 10.0 Å². The van der Waals surface area contributed by atoms with Crippen LogP contribution in [0.5, 0.6) is 0 Å². The number of carbonyl (C=O) groups excluding carboxylic acids is 1. The molecule has 0 atom stereocenters. The topological polar surface area (TPSA) is 77.9 Å². The highest BCUT2D eigenvalue weighted by atomic mass is 32.2. The molecule has 1 saturated heterocycles. The standard InChI is InChI=1S/C9H18N2O4S/c1-9(2)8(13)10(3)4-5-11(9)16(14,15)7-6-12/h12H,4-7H2,1-3H3. The summed E-state index contributed by atoms with van der Waals surface area (Å²) in [6.07, 6.45) is 0. The Morgan fingerprint density at radius 1 is 1.38 bits per heavy atom. The Bertz CT molecular complexity index is 377. The number of aliphatic hydroxyl groups is 1. The van der Waals surface area contributed by atoms with Crippen molar-refractivity contribution in [1.82, 2.24) is 9.21 Å². The Morgan fingerprint density at radius 2 is 1.94 bits per heavy atom. The van der Waals surface area contributed by atoms with Crippen LogP contribution in [0.25, 0.3) is 0 Å². The van der Waals surface area contributed by atoms with E-state index < -0.39 is 22.2 Å². The van der Waals surface area contributed by atoms with E-state index in [0.717, 1.165) is 0 Å². The first-order chi connectivity index (χ1) is 7.23.